The number of esters is 1. The van der Waals surface area contributed by atoms with Crippen molar-refractivity contribution in [3.63, 3.8) is 0 Å². The van der Waals surface area contributed by atoms with Crippen molar-refractivity contribution in [3.8, 4) is 0 Å². The molecule has 0 spiro atoms. The molecule has 19 heavy (non-hydrogen) atoms. The SMILES string of the molecule is CCOC(=O)CCS(=O)(=O)NC1CC2CNC(C2)C1. The molecule has 2 fully saturated rings. The topological polar surface area (TPSA) is 84.5 Å². The van der Waals surface area contributed by atoms with Crippen LogP contribution in [0.2, 0.25) is 0 Å². The number of carbonyl (C=O) groups excluding carboxylic acids is 1. The zero-order valence-corrected chi connectivity index (χ0v) is 12.0. The number of sulfonamides is 1. The minimum absolute atomic E-state index is 0.00551. The standard InChI is InChI=1S/C12H22N2O4S/c1-2-18-12(15)3-4-19(16,17)14-11-6-9-5-10(7-11)13-8-9/h9-11,13-14H,2-8H2,1H3. The first-order valence-electron chi connectivity index (χ1n) is 6.87. The van der Waals surface area contributed by atoms with Gasteiger partial charge >= 0.3 is 5.97 Å². The Balaban J connectivity index is 1.79. The van der Waals surface area contributed by atoms with Crippen LogP contribution in [0.25, 0.3) is 0 Å². The van der Waals surface area contributed by atoms with Gasteiger partial charge in [-0.05, 0) is 38.6 Å². The highest BCUT2D eigenvalue weighted by Crippen LogP contribution is 2.29. The van der Waals surface area contributed by atoms with Crippen LogP contribution in [-0.4, -0.2) is 45.4 Å². The van der Waals surface area contributed by atoms with E-state index >= 15 is 0 Å². The minimum Gasteiger partial charge on any atom is -0.466 e. The molecular formula is C12H22N2O4S. The third-order valence-corrected chi connectivity index (χ3v) is 5.16. The van der Waals surface area contributed by atoms with Crippen molar-refractivity contribution in [3.05, 3.63) is 0 Å². The zero-order chi connectivity index (χ0) is 13.9. The molecule has 1 aliphatic carbocycles. The maximum atomic E-state index is 11.9. The second-order valence-corrected chi connectivity index (χ2v) is 7.24. The van der Waals surface area contributed by atoms with E-state index in [0.717, 1.165) is 25.8 Å². The molecule has 3 unspecified atom stereocenters. The largest absolute Gasteiger partial charge is 0.466 e. The molecule has 1 heterocycles. The summed E-state index contributed by atoms with van der Waals surface area (Å²) in [4.78, 5) is 11.2. The molecule has 0 aromatic heterocycles. The summed E-state index contributed by atoms with van der Waals surface area (Å²) in [5, 5.41) is 3.39. The molecule has 2 aliphatic rings. The van der Waals surface area contributed by atoms with Gasteiger partial charge in [0.15, 0.2) is 0 Å². The highest BCUT2D eigenvalue weighted by Gasteiger charge is 2.35. The van der Waals surface area contributed by atoms with Gasteiger partial charge in [0.05, 0.1) is 18.8 Å². The number of carbonyl (C=O) groups is 1. The maximum Gasteiger partial charge on any atom is 0.306 e. The van der Waals surface area contributed by atoms with E-state index in [1.54, 1.807) is 6.92 Å². The number of hydrogen-bond acceptors (Lipinski definition) is 5. The smallest absolute Gasteiger partial charge is 0.306 e. The summed E-state index contributed by atoms with van der Waals surface area (Å²) in [7, 11) is -3.39. The van der Waals surface area contributed by atoms with E-state index in [0.29, 0.717) is 12.0 Å². The van der Waals surface area contributed by atoms with Crippen molar-refractivity contribution in [1.29, 1.82) is 0 Å². The van der Waals surface area contributed by atoms with Crippen LogP contribution in [0.4, 0.5) is 0 Å². The molecule has 2 rings (SSSR count). The quantitative estimate of drug-likeness (QED) is 0.673. The van der Waals surface area contributed by atoms with Gasteiger partial charge in [0.1, 0.15) is 0 Å². The van der Waals surface area contributed by atoms with Crippen LogP contribution >= 0.6 is 0 Å². The highest BCUT2D eigenvalue weighted by atomic mass is 32.2. The van der Waals surface area contributed by atoms with Gasteiger partial charge in [-0.3, -0.25) is 4.79 Å². The van der Waals surface area contributed by atoms with E-state index < -0.39 is 16.0 Å². The van der Waals surface area contributed by atoms with Crippen LogP contribution in [0.5, 0.6) is 0 Å². The van der Waals surface area contributed by atoms with Crippen molar-refractivity contribution in [1.82, 2.24) is 10.0 Å². The average molecular weight is 290 g/mol. The Morgan fingerprint density at radius 2 is 2.16 bits per heavy atom. The third kappa shape index (κ3) is 4.43. The molecule has 1 saturated heterocycles. The molecule has 0 radical (unpaired) electrons. The molecule has 1 aliphatic heterocycles. The monoisotopic (exact) mass is 290 g/mol. The van der Waals surface area contributed by atoms with Crippen molar-refractivity contribution in [2.45, 2.75) is 44.7 Å². The summed E-state index contributed by atoms with van der Waals surface area (Å²) in [5.74, 6) is -0.0692. The second-order valence-electron chi connectivity index (χ2n) is 5.37. The molecule has 1 saturated carbocycles. The summed E-state index contributed by atoms with van der Waals surface area (Å²) in [6.45, 7) is 2.98. The lowest BCUT2D eigenvalue weighted by molar-refractivity contribution is -0.142. The van der Waals surface area contributed by atoms with Gasteiger partial charge in [-0.1, -0.05) is 0 Å². The number of nitrogens with one attached hydrogen (secondary N) is 2. The first kappa shape index (κ1) is 14.7. The van der Waals surface area contributed by atoms with E-state index in [1.807, 2.05) is 0 Å². The van der Waals surface area contributed by atoms with Crippen LogP contribution in [0.1, 0.15) is 32.6 Å². The summed E-state index contributed by atoms with van der Waals surface area (Å²) < 4.78 is 31.3. The average Bonchev–Trinajstić information content (AvgIpc) is 2.66. The lowest BCUT2D eigenvalue weighted by Gasteiger charge is -2.27. The van der Waals surface area contributed by atoms with Crippen LogP contribution in [0.3, 0.4) is 0 Å². The Labute approximate surface area is 114 Å². The van der Waals surface area contributed by atoms with Gasteiger partial charge in [0.25, 0.3) is 0 Å². The Bertz CT molecular complexity index is 411. The molecule has 2 N–H and O–H groups in total. The minimum atomic E-state index is -3.39. The fourth-order valence-electron chi connectivity index (χ4n) is 2.96. The van der Waals surface area contributed by atoms with Crippen LogP contribution in [0, 0.1) is 5.92 Å². The van der Waals surface area contributed by atoms with Gasteiger partial charge in [-0.15, -0.1) is 0 Å². The molecule has 7 heteroatoms. The van der Waals surface area contributed by atoms with Crippen molar-refractivity contribution >= 4 is 16.0 Å². The van der Waals surface area contributed by atoms with Crippen LogP contribution in [-0.2, 0) is 19.6 Å². The number of rotatable bonds is 6. The summed E-state index contributed by atoms with van der Waals surface area (Å²) in [6, 6.07) is 0.447. The molecular weight excluding hydrogens is 268 g/mol. The zero-order valence-electron chi connectivity index (χ0n) is 11.2. The second kappa shape index (κ2) is 6.19. The maximum absolute atomic E-state index is 11.9. The van der Waals surface area contributed by atoms with Crippen LogP contribution < -0.4 is 10.0 Å². The van der Waals surface area contributed by atoms with Crippen molar-refractivity contribution in [2.24, 2.45) is 5.92 Å². The molecule has 2 bridgehead atoms. The Hall–Kier alpha value is -0.660. The summed E-state index contributed by atoms with van der Waals surface area (Å²) >= 11 is 0. The van der Waals surface area contributed by atoms with Gasteiger partial charge in [-0.2, -0.15) is 0 Å². The van der Waals surface area contributed by atoms with E-state index in [9.17, 15) is 13.2 Å². The number of fused-ring (bicyclic) bond motifs is 2. The third-order valence-electron chi connectivity index (χ3n) is 3.73. The van der Waals surface area contributed by atoms with E-state index in [1.165, 1.54) is 0 Å². The van der Waals surface area contributed by atoms with Crippen LogP contribution in [0.15, 0.2) is 0 Å². The van der Waals surface area contributed by atoms with E-state index in [-0.39, 0.29) is 24.8 Å². The number of hydrogen-bond donors (Lipinski definition) is 2. The molecule has 110 valence electrons. The molecule has 3 atom stereocenters. The molecule has 0 aromatic carbocycles. The summed E-state index contributed by atoms with van der Waals surface area (Å²) in [6.07, 6.45) is 2.80. The fourth-order valence-corrected chi connectivity index (χ4v) is 4.22. The molecule has 6 nitrogen and oxygen atoms in total. The van der Waals surface area contributed by atoms with Crippen molar-refractivity contribution in [2.75, 3.05) is 18.9 Å². The van der Waals surface area contributed by atoms with Gasteiger partial charge in [0.2, 0.25) is 10.0 Å². The first-order chi connectivity index (χ1) is 8.98. The van der Waals surface area contributed by atoms with Gasteiger partial charge in [0, 0.05) is 12.1 Å². The highest BCUT2D eigenvalue weighted by molar-refractivity contribution is 7.89. The fraction of sp³-hybridized carbons (Fsp3) is 0.917. The van der Waals surface area contributed by atoms with Gasteiger partial charge in [-0.25, -0.2) is 13.1 Å². The lowest BCUT2D eigenvalue weighted by atomic mass is 9.87. The van der Waals surface area contributed by atoms with Crippen molar-refractivity contribution < 1.29 is 17.9 Å². The van der Waals surface area contributed by atoms with Gasteiger partial charge < -0.3 is 10.1 Å². The predicted octanol–water partition coefficient (Wildman–Crippen LogP) is -0.000500. The summed E-state index contributed by atoms with van der Waals surface area (Å²) in [5.41, 5.74) is 0. The van der Waals surface area contributed by atoms with E-state index in [4.69, 9.17) is 4.74 Å². The Morgan fingerprint density at radius 3 is 2.84 bits per heavy atom. The Kier molecular flexibility index (Phi) is 4.81. The van der Waals surface area contributed by atoms with E-state index in [2.05, 4.69) is 10.0 Å². The first-order valence-corrected chi connectivity index (χ1v) is 8.52. The normalized spacial score (nSPS) is 30.3. The Morgan fingerprint density at radius 1 is 1.37 bits per heavy atom. The lowest BCUT2D eigenvalue weighted by Crippen LogP contribution is -2.42. The predicted molar refractivity (Wildman–Crippen MR) is 71.1 cm³/mol. The molecule has 0 amide bonds. The number of ether oxygens (including phenoxy) is 1. The molecule has 0 aromatic rings.